The number of rotatable bonds is 3. The molecule has 158 valence electrons. The monoisotopic (exact) mass is 428 g/mol. The third kappa shape index (κ3) is 4.31. The van der Waals surface area contributed by atoms with Crippen LogP contribution in [0.5, 0.6) is 0 Å². The quantitative estimate of drug-likeness (QED) is 0.656. The molecular formula is C22H25ClN4O3. The number of nitrogens with zero attached hydrogens (tertiary/aromatic N) is 3. The number of hydrogen-bond donors (Lipinski definition) is 1. The van der Waals surface area contributed by atoms with Gasteiger partial charge in [-0.3, -0.25) is 14.3 Å². The zero-order valence-corrected chi connectivity index (χ0v) is 18.7. The lowest BCUT2D eigenvalue weighted by Gasteiger charge is -2.24. The van der Waals surface area contributed by atoms with Crippen LogP contribution in [0.4, 0.5) is 4.79 Å². The van der Waals surface area contributed by atoms with Crippen molar-refractivity contribution in [3.63, 3.8) is 0 Å². The summed E-state index contributed by atoms with van der Waals surface area (Å²) in [5.74, 6) is 0.358. The molecule has 0 unspecified atom stereocenters. The van der Waals surface area contributed by atoms with Gasteiger partial charge in [-0.1, -0.05) is 17.7 Å². The third-order valence-corrected chi connectivity index (χ3v) is 4.99. The van der Waals surface area contributed by atoms with Gasteiger partial charge in [0.25, 0.3) is 5.56 Å². The second-order valence-corrected chi connectivity index (χ2v) is 8.62. The lowest BCUT2D eigenvalue weighted by molar-refractivity contribution is 0.0505. The fraction of sp³-hybridized carbons (Fsp3) is 0.364. The number of aryl methyl sites for hydroxylation is 1. The molecule has 0 radical (unpaired) electrons. The van der Waals surface area contributed by atoms with Crippen molar-refractivity contribution >= 4 is 28.6 Å². The van der Waals surface area contributed by atoms with E-state index in [0.29, 0.717) is 27.4 Å². The first-order valence-electron chi connectivity index (χ1n) is 9.62. The van der Waals surface area contributed by atoms with Crippen LogP contribution in [-0.4, -0.2) is 26.2 Å². The lowest BCUT2D eigenvalue weighted by atomic mass is 10.1. The molecule has 0 saturated carbocycles. The molecule has 3 aromatic rings. The molecule has 0 spiro atoms. The summed E-state index contributed by atoms with van der Waals surface area (Å²) in [6.07, 6.45) is 2.74. The number of amides is 1. The van der Waals surface area contributed by atoms with Crippen LogP contribution in [0, 0.1) is 13.8 Å². The van der Waals surface area contributed by atoms with E-state index in [2.05, 4.69) is 15.3 Å². The highest BCUT2D eigenvalue weighted by Crippen LogP contribution is 2.24. The first-order chi connectivity index (χ1) is 14.0. The number of halogens is 1. The molecule has 2 aromatic heterocycles. The maximum atomic E-state index is 13.5. The van der Waals surface area contributed by atoms with Crippen LogP contribution in [0.15, 0.2) is 35.4 Å². The molecule has 7 nitrogen and oxygen atoms in total. The van der Waals surface area contributed by atoms with Crippen LogP contribution in [0.3, 0.4) is 0 Å². The normalized spacial score (nSPS) is 12.6. The van der Waals surface area contributed by atoms with E-state index < -0.39 is 17.7 Å². The Balaban J connectivity index is 2.23. The minimum atomic E-state index is -0.648. The SMILES string of the molecule is Cc1cncc(-n2c([C@H](C)NC(=O)OC(C)(C)C)nc3cccc(Cl)c3c2=O)c1C. The number of benzene rings is 1. The molecule has 0 bridgehead atoms. The van der Waals surface area contributed by atoms with Gasteiger partial charge in [0, 0.05) is 6.20 Å². The molecule has 0 fully saturated rings. The summed E-state index contributed by atoms with van der Waals surface area (Å²) in [6, 6.07) is 4.49. The van der Waals surface area contributed by atoms with E-state index in [1.54, 1.807) is 58.3 Å². The summed E-state index contributed by atoms with van der Waals surface area (Å²) in [4.78, 5) is 34.8. The van der Waals surface area contributed by atoms with Crippen LogP contribution in [0.2, 0.25) is 5.02 Å². The second kappa shape index (κ2) is 8.07. The summed E-state index contributed by atoms with van der Waals surface area (Å²) in [5.41, 5.74) is 1.87. The largest absolute Gasteiger partial charge is 0.444 e. The number of alkyl carbamates (subject to hydrolysis) is 1. The number of carbonyl (C=O) groups excluding carboxylic acids is 1. The van der Waals surface area contributed by atoms with E-state index in [-0.39, 0.29) is 5.56 Å². The molecule has 0 aliphatic heterocycles. The molecule has 0 saturated heterocycles. The maximum Gasteiger partial charge on any atom is 0.408 e. The number of nitrogens with one attached hydrogen (secondary N) is 1. The smallest absolute Gasteiger partial charge is 0.408 e. The molecule has 8 heteroatoms. The molecule has 1 N–H and O–H groups in total. The highest BCUT2D eigenvalue weighted by Gasteiger charge is 2.24. The van der Waals surface area contributed by atoms with Crippen LogP contribution in [0.1, 0.15) is 50.7 Å². The van der Waals surface area contributed by atoms with Gasteiger partial charge in [-0.15, -0.1) is 0 Å². The highest BCUT2D eigenvalue weighted by molar-refractivity contribution is 6.35. The molecule has 1 amide bonds. The number of pyridine rings is 1. The number of hydrogen-bond acceptors (Lipinski definition) is 5. The number of aromatic nitrogens is 3. The van der Waals surface area contributed by atoms with Crippen molar-refractivity contribution < 1.29 is 9.53 Å². The fourth-order valence-corrected chi connectivity index (χ4v) is 3.37. The summed E-state index contributed by atoms with van der Waals surface area (Å²) >= 11 is 6.32. The van der Waals surface area contributed by atoms with Gasteiger partial charge >= 0.3 is 6.09 Å². The van der Waals surface area contributed by atoms with Gasteiger partial charge in [0.2, 0.25) is 0 Å². The summed E-state index contributed by atoms with van der Waals surface area (Å²) in [5, 5.41) is 3.40. The van der Waals surface area contributed by atoms with Gasteiger partial charge in [0.1, 0.15) is 11.4 Å². The molecule has 3 rings (SSSR count). The van der Waals surface area contributed by atoms with Crippen LogP contribution in [0.25, 0.3) is 16.6 Å². The van der Waals surface area contributed by atoms with Crippen molar-refractivity contribution in [1.82, 2.24) is 19.9 Å². The predicted octanol–water partition coefficient (Wildman–Crippen LogP) is 4.64. The van der Waals surface area contributed by atoms with Gasteiger partial charge < -0.3 is 10.1 Å². The Kier molecular flexibility index (Phi) is 5.85. The third-order valence-electron chi connectivity index (χ3n) is 4.67. The van der Waals surface area contributed by atoms with Crippen molar-refractivity contribution in [3.05, 3.63) is 62.9 Å². The van der Waals surface area contributed by atoms with Crippen molar-refractivity contribution in [2.75, 3.05) is 0 Å². The second-order valence-electron chi connectivity index (χ2n) is 8.21. The number of ether oxygens (including phenoxy) is 1. The lowest BCUT2D eigenvalue weighted by Crippen LogP contribution is -2.37. The molecular weight excluding hydrogens is 404 g/mol. The maximum absolute atomic E-state index is 13.5. The topological polar surface area (TPSA) is 86.1 Å². The Labute approximate surface area is 180 Å². The molecule has 0 aliphatic rings. The Hall–Kier alpha value is -2.93. The predicted molar refractivity (Wildman–Crippen MR) is 117 cm³/mol. The van der Waals surface area contributed by atoms with Gasteiger partial charge in [-0.25, -0.2) is 9.78 Å². The molecule has 1 atom stereocenters. The standard InChI is InChI=1S/C22H25ClN4O3/c1-12-10-24-11-17(13(12)2)27-19(14(3)25-21(29)30-22(4,5)6)26-16-9-7-8-15(23)18(16)20(27)28/h7-11,14H,1-6H3,(H,25,29)/t14-/m0/s1. The van der Waals surface area contributed by atoms with E-state index in [1.807, 2.05) is 13.8 Å². The van der Waals surface area contributed by atoms with Crippen molar-refractivity contribution in [3.8, 4) is 5.69 Å². The highest BCUT2D eigenvalue weighted by atomic mass is 35.5. The fourth-order valence-electron chi connectivity index (χ4n) is 3.12. The van der Waals surface area contributed by atoms with Crippen LogP contribution in [-0.2, 0) is 4.74 Å². The average Bonchev–Trinajstić information content (AvgIpc) is 2.62. The Bertz CT molecular complexity index is 1180. The van der Waals surface area contributed by atoms with E-state index in [1.165, 1.54) is 4.57 Å². The molecule has 2 heterocycles. The van der Waals surface area contributed by atoms with E-state index in [0.717, 1.165) is 11.1 Å². The Morgan fingerprint density at radius 2 is 1.93 bits per heavy atom. The van der Waals surface area contributed by atoms with E-state index in [9.17, 15) is 9.59 Å². The minimum Gasteiger partial charge on any atom is -0.444 e. The summed E-state index contributed by atoms with van der Waals surface area (Å²) in [7, 11) is 0. The Morgan fingerprint density at radius 1 is 1.23 bits per heavy atom. The first-order valence-corrected chi connectivity index (χ1v) is 9.99. The summed E-state index contributed by atoms with van der Waals surface area (Å²) < 4.78 is 6.82. The first kappa shape index (κ1) is 21.8. The van der Waals surface area contributed by atoms with Crippen LogP contribution < -0.4 is 10.9 Å². The van der Waals surface area contributed by atoms with Crippen molar-refractivity contribution in [2.45, 2.75) is 53.2 Å². The Morgan fingerprint density at radius 3 is 2.60 bits per heavy atom. The van der Waals surface area contributed by atoms with Gasteiger partial charge in [-0.2, -0.15) is 0 Å². The molecule has 0 aliphatic carbocycles. The zero-order valence-electron chi connectivity index (χ0n) is 17.9. The number of fused-ring (bicyclic) bond motifs is 1. The minimum absolute atomic E-state index is 0.313. The number of carbonyl (C=O) groups is 1. The van der Waals surface area contributed by atoms with Gasteiger partial charge in [0.15, 0.2) is 0 Å². The van der Waals surface area contributed by atoms with E-state index in [4.69, 9.17) is 16.3 Å². The van der Waals surface area contributed by atoms with E-state index >= 15 is 0 Å². The molecule has 1 aromatic carbocycles. The van der Waals surface area contributed by atoms with Crippen molar-refractivity contribution in [2.24, 2.45) is 0 Å². The van der Waals surface area contributed by atoms with Crippen LogP contribution >= 0.6 is 11.6 Å². The van der Waals surface area contributed by atoms with Gasteiger partial charge in [-0.05, 0) is 64.8 Å². The zero-order chi connectivity index (χ0) is 22.2. The van der Waals surface area contributed by atoms with Crippen molar-refractivity contribution in [1.29, 1.82) is 0 Å². The van der Waals surface area contributed by atoms with Gasteiger partial charge in [0.05, 0.1) is 33.9 Å². The summed E-state index contributed by atoms with van der Waals surface area (Å²) in [6.45, 7) is 10.9. The average molecular weight is 429 g/mol. The molecule has 30 heavy (non-hydrogen) atoms.